The van der Waals surface area contributed by atoms with Crippen molar-refractivity contribution in [3.63, 3.8) is 0 Å². The molecule has 43 heavy (non-hydrogen) atoms. The topological polar surface area (TPSA) is 193 Å². The van der Waals surface area contributed by atoms with E-state index >= 15 is 0 Å². The average Bonchev–Trinajstić information content (AvgIpc) is 3.43. The van der Waals surface area contributed by atoms with Crippen LogP contribution in [0.15, 0.2) is 48.8 Å². The van der Waals surface area contributed by atoms with Crippen LogP contribution in [0.3, 0.4) is 0 Å². The number of benzene rings is 1. The number of nitrogens with zero attached hydrogens (tertiary/aromatic N) is 6. The van der Waals surface area contributed by atoms with Gasteiger partial charge < -0.3 is 29.2 Å². The molecule has 0 aliphatic heterocycles. The van der Waals surface area contributed by atoms with E-state index in [1.165, 1.54) is 45.2 Å². The van der Waals surface area contributed by atoms with Gasteiger partial charge in [-0.2, -0.15) is 0 Å². The van der Waals surface area contributed by atoms with E-state index in [9.17, 15) is 18.6 Å². The Balaban J connectivity index is 1.83. The zero-order valence-corrected chi connectivity index (χ0v) is 25.0. The standard InChI is InChI=1S/C27H33N7O8S/c1-16-12-28-25(29-13-16)24(42-15-18(36)14-35)17(2)43(37,38)33-27-32-31-26(19-8-6-11-22(30-19)41-5)34(27)23-20(39-3)9-7-10-21(23)40-4/h6-13,17-18,24,35-36H,14-15H2,1-5H3,(H,32,33)/t17-,18-,24-/m0/s1. The first-order chi connectivity index (χ1) is 20.6. The van der Waals surface area contributed by atoms with Crippen LogP contribution in [0, 0.1) is 6.92 Å². The van der Waals surface area contributed by atoms with Crippen LogP contribution in [0.25, 0.3) is 17.2 Å². The number of aliphatic hydroxyl groups excluding tert-OH is 2. The summed E-state index contributed by atoms with van der Waals surface area (Å²) in [6, 6.07) is 10.1. The maximum atomic E-state index is 13.9. The van der Waals surface area contributed by atoms with Crippen molar-refractivity contribution in [1.82, 2.24) is 29.7 Å². The Hall–Kier alpha value is -4.38. The molecule has 0 fully saturated rings. The molecule has 0 bridgehead atoms. The van der Waals surface area contributed by atoms with Gasteiger partial charge in [-0.1, -0.05) is 12.1 Å². The first kappa shape index (κ1) is 31.6. The number of para-hydroxylation sites is 1. The smallest absolute Gasteiger partial charge is 0.243 e. The first-order valence-corrected chi connectivity index (χ1v) is 14.6. The molecule has 230 valence electrons. The number of pyridine rings is 1. The second-order valence-corrected chi connectivity index (χ2v) is 11.4. The molecule has 3 heterocycles. The number of hydrogen-bond donors (Lipinski definition) is 3. The predicted octanol–water partition coefficient (Wildman–Crippen LogP) is 1.69. The summed E-state index contributed by atoms with van der Waals surface area (Å²) in [5.74, 6) is 1.01. The van der Waals surface area contributed by atoms with Gasteiger partial charge in [-0.25, -0.2) is 23.4 Å². The Kier molecular flexibility index (Phi) is 10.1. The van der Waals surface area contributed by atoms with Crippen LogP contribution in [-0.4, -0.2) is 94.2 Å². The van der Waals surface area contributed by atoms with Crippen LogP contribution >= 0.6 is 0 Å². The molecule has 4 aromatic rings. The minimum absolute atomic E-state index is 0.0720. The van der Waals surface area contributed by atoms with Crippen LogP contribution < -0.4 is 18.9 Å². The third kappa shape index (κ3) is 6.99. The van der Waals surface area contributed by atoms with E-state index in [1.54, 1.807) is 43.3 Å². The van der Waals surface area contributed by atoms with Crippen molar-refractivity contribution in [2.75, 3.05) is 39.3 Å². The minimum Gasteiger partial charge on any atom is -0.494 e. The lowest BCUT2D eigenvalue weighted by Crippen LogP contribution is -2.35. The molecular formula is C27H33N7O8S. The largest absolute Gasteiger partial charge is 0.494 e. The lowest BCUT2D eigenvalue weighted by molar-refractivity contribution is -0.0324. The second kappa shape index (κ2) is 13.7. The van der Waals surface area contributed by atoms with Gasteiger partial charge in [0.25, 0.3) is 0 Å². The lowest BCUT2D eigenvalue weighted by Gasteiger charge is -2.25. The monoisotopic (exact) mass is 615 g/mol. The summed E-state index contributed by atoms with van der Waals surface area (Å²) in [4.78, 5) is 12.9. The van der Waals surface area contributed by atoms with Gasteiger partial charge in [0.1, 0.15) is 40.3 Å². The fourth-order valence-electron chi connectivity index (χ4n) is 4.05. The molecular weight excluding hydrogens is 582 g/mol. The predicted molar refractivity (Wildman–Crippen MR) is 155 cm³/mol. The zero-order valence-electron chi connectivity index (χ0n) is 24.2. The molecule has 16 heteroatoms. The third-order valence-corrected chi connectivity index (χ3v) is 8.03. The van der Waals surface area contributed by atoms with Crippen molar-refractivity contribution in [2.45, 2.75) is 31.3 Å². The molecule has 0 amide bonds. The fraction of sp³-hybridized carbons (Fsp3) is 0.370. The van der Waals surface area contributed by atoms with E-state index in [-0.39, 0.29) is 24.2 Å². The summed E-state index contributed by atoms with van der Waals surface area (Å²) >= 11 is 0. The van der Waals surface area contributed by atoms with Gasteiger partial charge in [-0.15, -0.1) is 10.2 Å². The van der Waals surface area contributed by atoms with E-state index < -0.39 is 34.1 Å². The number of nitrogens with one attached hydrogen (secondary N) is 1. The Labute approximate surface area is 248 Å². The molecule has 0 radical (unpaired) electrons. The van der Waals surface area contributed by atoms with Crippen molar-refractivity contribution in [1.29, 1.82) is 0 Å². The average molecular weight is 616 g/mol. The molecule has 15 nitrogen and oxygen atoms in total. The van der Waals surface area contributed by atoms with Gasteiger partial charge in [0.2, 0.25) is 21.9 Å². The van der Waals surface area contributed by atoms with Crippen LogP contribution in [0.2, 0.25) is 0 Å². The number of rotatable bonds is 14. The highest BCUT2D eigenvalue weighted by Gasteiger charge is 2.36. The van der Waals surface area contributed by atoms with Gasteiger partial charge in [-0.05, 0) is 37.6 Å². The van der Waals surface area contributed by atoms with Gasteiger partial charge in [0.15, 0.2) is 11.6 Å². The Morgan fingerprint density at radius 1 is 0.977 bits per heavy atom. The van der Waals surface area contributed by atoms with Crippen molar-refractivity contribution >= 4 is 16.0 Å². The van der Waals surface area contributed by atoms with E-state index in [4.69, 9.17) is 18.9 Å². The summed E-state index contributed by atoms with van der Waals surface area (Å²) in [5.41, 5.74) is 1.39. The number of aryl methyl sites for hydroxylation is 1. The van der Waals surface area contributed by atoms with Gasteiger partial charge in [-0.3, -0.25) is 9.29 Å². The molecule has 0 saturated carbocycles. The van der Waals surface area contributed by atoms with Crippen molar-refractivity contribution < 1.29 is 37.6 Å². The van der Waals surface area contributed by atoms with Crippen molar-refractivity contribution in [2.24, 2.45) is 0 Å². The number of anilines is 1. The first-order valence-electron chi connectivity index (χ1n) is 13.0. The molecule has 0 unspecified atom stereocenters. The molecule has 0 saturated heterocycles. The summed E-state index contributed by atoms with van der Waals surface area (Å²) in [7, 11) is 0.0644. The molecule has 0 aliphatic carbocycles. The number of aliphatic hydroxyl groups is 2. The third-order valence-electron chi connectivity index (χ3n) is 6.33. The lowest BCUT2D eigenvalue weighted by atomic mass is 10.2. The Morgan fingerprint density at radius 3 is 2.23 bits per heavy atom. The molecule has 1 aromatic carbocycles. The van der Waals surface area contributed by atoms with Gasteiger partial charge >= 0.3 is 0 Å². The highest BCUT2D eigenvalue weighted by atomic mass is 32.2. The summed E-state index contributed by atoms with van der Waals surface area (Å²) in [6.07, 6.45) is 0.573. The summed E-state index contributed by atoms with van der Waals surface area (Å²) in [6.45, 7) is 2.24. The van der Waals surface area contributed by atoms with E-state index in [0.717, 1.165) is 5.56 Å². The maximum absolute atomic E-state index is 13.9. The normalized spacial score (nSPS) is 13.7. The van der Waals surface area contributed by atoms with Crippen molar-refractivity contribution in [3.8, 4) is 34.6 Å². The second-order valence-electron chi connectivity index (χ2n) is 9.32. The summed E-state index contributed by atoms with van der Waals surface area (Å²) < 4.78 is 53.9. The fourth-order valence-corrected chi connectivity index (χ4v) is 5.15. The summed E-state index contributed by atoms with van der Waals surface area (Å²) in [5, 5.41) is 26.2. The number of ether oxygens (including phenoxy) is 4. The van der Waals surface area contributed by atoms with Gasteiger partial charge in [0.05, 0.1) is 34.5 Å². The zero-order chi connectivity index (χ0) is 31.1. The number of methoxy groups -OCH3 is 3. The van der Waals surface area contributed by atoms with E-state index in [1.807, 2.05) is 0 Å². The van der Waals surface area contributed by atoms with E-state index in [0.29, 0.717) is 28.8 Å². The molecule has 3 aromatic heterocycles. The van der Waals surface area contributed by atoms with Crippen LogP contribution in [-0.2, 0) is 14.8 Å². The number of aromatic nitrogens is 6. The maximum Gasteiger partial charge on any atom is 0.243 e. The molecule has 0 aliphatic rings. The molecule has 3 N–H and O–H groups in total. The van der Waals surface area contributed by atoms with Crippen LogP contribution in [0.4, 0.5) is 5.95 Å². The highest BCUT2D eigenvalue weighted by molar-refractivity contribution is 7.93. The Bertz CT molecular complexity index is 1610. The van der Waals surface area contributed by atoms with Gasteiger partial charge in [0, 0.05) is 18.5 Å². The number of sulfonamides is 1. The van der Waals surface area contributed by atoms with Crippen molar-refractivity contribution in [3.05, 3.63) is 60.2 Å². The van der Waals surface area contributed by atoms with Crippen LogP contribution in [0.5, 0.6) is 17.4 Å². The van der Waals surface area contributed by atoms with Crippen LogP contribution in [0.1, 0.15) is 24.4 Å². The minimum atomic E-state index is -4.33. The highest BCUT2D eigenvalue weighted by Crippen LogP contribution is 2.38. The SMILES string of the molecule is COc1cccc(-c2nnc(NS(=O)(=O)[C@@H](C)[C@H](OC[C@@H](O)CO)c3ncc(C)cn3)n2-c2c(OC)cccc2OC)n1. The number of hydrogen-bond acceptors (Lipinski definition) is 13. The molecule has 4 rings (SSSR count). The van der Waals surface area contributed by atoms with E-state index in [2.05, 4.69) is 29.9 Å². The quantitative estimate of drug-likeness (QED) is 0.186. The Morgan fingerprint density at radius 2 is 1.63 bits per heavy atom. The molecule has 0 spiro atoms. The molecule has 3 atom stereocenters.